The maximum Gasteiger partial charge on any atom is 0.134 e. The minimum atomic E-state index is 0.425. The number of rotatable bonds is 5. The minimum Gasteiger partial charge on any atom is -0.361 e. The van der Waals surface area contributed by atoms with E-state index in [1.165, 1.54) is 25.1 Å². The van der Waals surface area contributed by atoms with E-state index in [0.717, 1.165) is 48.9 Å². The molecule has 1 aromatic carbocycles. The summed E-state index contributed by atoms with van der Waals surface area (Å²) in [6.07, 6.45) is 1.24. The lowest BCUT2D eigenvalue weighted by Crippen LogP contribution is -2.56. The van der Waals surface area contributed by atoms with E-state index in [4.69, 9.17) is 16.1 Å². The zero-order valence-corrected chi connectivity index (χ0v) is 17.7. The van der Waals surface area contributed by atoms with Gasteiger partial charge in [-0.1, -0.05) is 47.1 Å². The van der Waals surface area contributed by atoms with Crippen LogP contribution in [0, 0.1) is 12.3 Å². The highest BCUT2D eigenvalue weighted by molar-refractivity contribution is 6.30. The molecule has 7 heteroatoms. The minimum absolute atomic E-state index is 0.425. The second-order valence-electron chi connectivity index (χ2n) is 8.66. The lowest BCUT2D eigenvalue weighted by atomic mass is 9.79. The van der Waals surface area contributed by atoms with Gasteiger partial charge in [-0.15, -0.1) is 0 Å². The molecule has 29 heavy (non-hydrogen) atoms. The number of halogens is 1. The third-order valence-electron chi connectivity index (χ3n) is 6.21. The Bertz CT molecular complexity index is 1010. The van der Waals surface area contributed by atoms with Gasteiger partial charge in [0.15, 0.2) is 0 Å². The normalized spacial score (nSPS) is 19.1. The maximum atomic E-state index is 6.59. The molecule has 4 heterocycles. The lowest BCUT2D eigenvalue weighted by molar-refractivity contribution is 0.00162. The summed E-state index contributed by atoms with van der Waals surface area (Å²) in [5.74, 6) is 0.779. The number of hydrogen-bond acceptors (Lipinski definition) is 5. The van der Waals surface area contributed by atoms with Crippen molar-refractivity contribution in [1.82, 2.24) is 24.7 Å². The first kappa shape index (κ1) is 18.9. The summed E-state index contributed by atoms with van der Waals surface area (Å²) in [6.45, 7) is 8.30. The fourth-order valence-electron chi connectivity index (χ4n) is 4.87. The zero-order chi connectivity index (χ0) is 20.0. The van der Waals surface area contributed by atoms with Gasteiger partial charge in [0, 0.05) is 56.8 Å². The number of aromatic nitrogens is 3. The summed E-state index contributed by atoms with van der Waals surface area (Å²) in [6, 6.07) is 12.7. The Hall–Kier alpha value is -2.15. The Morgan fingerprint density at radius 3 is 2.59 bits per heavy atom. The second kappa shape index (κ2) is 7.27. The van der Waals surface area contributed by atoms with Crippen LogP contribution >= 0.6 is 11.6 Å². The van der Waals surface area contributed by atoms with Crippen LogP contribution in [0.25, 0.3) is 11.4 Å². The Morgan fingerprint density at radius 1 is 1.10 bits per heavy atom. The average Bonchev–Trinajstić information content (AvgIpc) is 3.37. The summed E-state index contributed by atoms with van der Waals surface area (Å²) in [5.41, 5.74) is 4.45. The molecule has 0 radical (unpaired) electrons. The SMILES string of the molecule is Cc1cc(-c2nn(C)c(Cl)c2CN2CCC3(C2)CN(Cc2ccccc2)C3)no1. The number of nitrogens with zero attached hydrogens (tertiary/aromatic N) is 5. The van der Waals surface area contributed by atoms with E-state index in [9.17, 15) is 0 Å². The number of benzene rings is 1. The predicted octanol–water partition coefficient (Wildman–Crippen LogP) is 3.74. The molecule has 0 bridgehead atoms. The van der Waals surface area contributed by atoms with Gasteiger partial charge in [0.2, 0.25) is 0 Å². The summed E-state index contributed by atoms with van der Waals surface area (Å²) in [5, 5.41) is 9.42. The van der Waals surface area contributed by atoms with Crippen molar-refractivity contribution < 1.29 is 4.52 Å². The molecule has 0 amide bonds. The maximum absolute atomic E-state index is 6.59. The molecule has 1 spiro atoms. The molecule has 0 aliphatic carbocycles. The largest absolute Gasteiger partial charge is 0.361 e. The van der Waals surface area contributed by atoms with Gasteiger partial charge in [0.05, 0.1) is 0 Å². The van der Waals surface area contributed by atoms with Gasteiger partial charge < -0.3 is 4.52 Å². The van der Waals surface area contributed by atoms with Gasteiger partial charge >= 0.3 is 0 Å². The molecule has 2 aromatic heterocycles. The van der Waals surface area contributed by atoms with E-state index in [-0.39, 0.29) is 0 Å². The van der Waals surface area contributed by atoms with Gasteiger partial charge in [0.25, 0.3) is 0 Å². The van der Waals surface area contributed by atoms with Crippen LogP contribution in [0.15, 0.2) is 40.9 Å². The molecule has 2 fully saturated rings. The number of likely N-dealkylation sites (tertiary alicyclic amines) is 2. The molecule has 152 valence electrons. The smallest absolute Gasteiger partial charge is 0.134 e. The molecule has 2 aliphatic heterocycles. The van der Waals surface area contributed by atoms with Crippen LogP contribution in [0.1, 0.15) is 23.3 Å². The molecular formula is C22H26ClN5O. The zero-order valence-electron chi connectivity index (χ0n) is 16.9. The molecule has 6 nitrogen and oxygen atoms in total. The molecule has 0 saturated carbocycles. The highest BCUT2D eigenvalue weighted by atomic mass is 35.5. The van der Waals surface area contributed by atoms with Gasteiger partial charge in [-0.05, 0) is 25.5 Å². The fraction of sp³-hybridized carbons (Fsp3) is 0.455. The van der Waals surface area contributed by atoms with Crippen LogP contribution in [0.4, 0.5) is 0 Å². The van der Waals surface area contributed by atoms with Gasteiger partial charge in [-0.3, -0.25) is 14.5 Å². The molecule has 0 unspecified atom stereocenters. The molecule has 2 saturated heterocycles. The third kappa shape index (κ3) is 3.61. The van der Waals surface area contributed by atoms with Crippen molar-refractivity contribution in [2.24, 2.45) is 12.5 Å². The van der Waals surface area contributed by atoms with Crippen LogP contribution in [0.5, 0.6) is 0 Å². The first-order valence-electron chi connectivity index (χ1n) is 10.2. The molecule has 5 rings (SSSR count). The number of aryl methyl sites for hydroxylation is 2. The van der Waals surface area contributed by atoms with E-state index < -0.39 is 0 Å². The van der Waals surface area contributed by atoms with Crippen molar-refractivity contribution in [1.29, 1.82) is 0 Å². The van der Waals surface area contributed by atoms with E-state index in [0.29, 0.717) is 10.6 Å². The van der Waals surface area contributed by atoms with Crippen molar-refractivity contribution in [3.05, 3.63) is 58.4 Å². The van der Waals surface area contributed by atoms with Crippen LogP contribution in [0.3, 0.4) is 0 Å². The first-order valence-corrected chi connectivity index (χ1v) is 10.5. The quantitative estimate of drug-likeness (QED) is 0.640. The van der Waals surface area contributed by atoms with Crippen molar-refractivity contribution in [2.75, 3.05) is 26.2 Å². The van der Waals surface area contributed by atoms with Crippen LogP contribution in [-0.4, -0.2) is 50.9 Å². The van der Waals surface area contributed by atoms with Gasteiger partial charge in [-0.25, -0.2) is 0 Å². The van der Waals surface area contributed by atoms with E-state index in [2.05, 4.69) is 50.4 Å². The van der Waals surface area contributed by atoms with Crippen molar-refractivity contribution >= 4 is 11.6 Å². The molecular weight excluding hydrogens is 386 g/mol. The second-order valence-corrected chi connectivity index (χ2v) is 9.01. The summed E-state index contributed by atoms with van der Waals surface area (Å²) in [4.78, 5) is 5.07. The first-order chi connectivity index (χ1) is 14.0. The summed E-state index contributed by atoms with van der Waals surface area (Å²) < 4.78 is 6.98. The monoisotopic (exact) mass is 411 g/mol. The standard InChI is InChI=1S/C22H26ClN5O/c1-16-10-19(25-29-16)20-18(21(23)26(2)24-20)12-27-9-8-22(13-27)14-28(15-22)11-17-6-4-3-5-7-17/h3-7,10H,8-9,11-15H2,1-2H3. The van der Waals surface area contributed by atoms with Crippen molar-refractivity contribution in [3.8, 4) is 11.4 Å². The van der Waals surface area contributed by atoms with Crippen LogP contribution in [-0.2, 0) is 20.1 Å². The Balaban J connectivity index is 1.25. The van der Waals surface area contributed by atoms with Gasteiger partial charge in [-0.2, -0.15) is 5.10 Å². The number of hydrogen-bond donors (Lipinski definition) is 0. The highest BCUT2D eigenvalue weighted by Gasteiger charge is 2.47. The fourth-order valence-corrected chi connectivity index (χ4v) is 5.06. The van der Waals surface area contributed by atoms with Crippen LogP contribution < -0.4 is 0 Å². The average molecular weight is 412 g/mol. The Morgan fingerprint density at radius 2 is 1.86 bits per heavy atom. The third-order valence-corrected chi connectivity index (χ3v) is 6.68. The highest BCUT2D eigenvalue weighted by Crippen LogP contribution is 2.41. The van der Waals surface area contributed by atoms with E-state index in [1.54, 1.807) is 4.68 Å². The topological polar surface area (TPSA) is 50.3 Å². The van der Waals surface area contributed by atoms with E-state index in [1.807, 2.05) is 20.0 Å². The molecule has 3 aromatic rings. The molecule has 0 N–H and O–H groups in total. The summed E-state index contributed by atoms with van der Waals surface area (Å²) in [7, 11) is 1.88. The lowest BCUT2D eigenvalue weighted by Gasteiger charge is -2.48. The summed E-state index contributed by atoms with van der Waals surface area (Å²) >= 11 is 6.59. The predicted molar refractivity (Wildman–Crippen MR) is 112 cm³/mol. The van der Waals surface area contributed by atoms with Gasteiger partial charge in [0.1, 0.15) is 22.3 Å². The molecule has 0 atom stereocenters. The van der Waals surface area contributed by atoms with Crippen molar-refractivity contribution in [3.63, 3.8) is 0 Å². The molecule has 2 aliphatic rings. The van der Waals surface area contributed by atoms with Crippen LogP contribution in [0.2, 0.25) is 5.15 Å². The van der Waals surface area contributed by atoms with Crippen molar-refractivity contribution in [2.45, 2.75) is 26.4 Å². The Labute approximate surface area is 176 Å². The van der Waals surface area contributed by atoms with E-state index >= 15 is 0 Å². The Kier molecular flexibility index (Phi) is 4.73.